The van der Waals surface area contributed by atoms with Crippen LogP contribution in [0.15, 0.2) is 47.4 Å². The summed E-state index contributed by atoms with van der Waals surface area (Å²) in [5.74, 6) is 0.631. The molecule has 1 heterocycles. The zero-order valence-electron chi connectivity index (χ0n) is 16.5. The molecule has 0 saturated carbocycles. The molecule has 2 aromatic carbocycles. The summed E-state index contributed by atoms with van der Waals surface area (Å²) in [4.78, 5) is 12.2. The van der Waals surface area contributed by atoms with E-state index in [0.717, 1.165) is 12.8 Å². The van der Waals surface area contributed by atoms with Crippen LogP contribution < -0.4 is 10.1 Å². The molecule has 2 aromatic rings. The van der Waals surface area contributed by atoms with Crippen LogP contribution in [0.5, 0.6) is 5.75 Å². The lowest BCUT2D eigenvalue weighted by Crippen LogP contribution is -2.28. The first-order chi connectivity index (χ1) is 13.8. The van der Waals surface area contributed by atoms with Gasteiger partial charge in [0.15, 0.2) is 6.61 Å². The van der Waals surface area contributed by atoms with Crippen LogP contribution in [0.25, 0.3) is 0 Å². The Bertz CT molecular complexity index is 969. The van der Waals surface area contributed by atoms with Crippen molar-refractivity contribution in [1.29, 1.82) is 0 Å². The van der Waals surface area contributed by atoms with E-state index >= 15 is 0 Å². The van der Waals surface area contributed by atoms with Crippen LogP contribution in [0, 0.1) is 0 Å². The Morgan fingerprint density at radius 2 is 1.79 bits per heavy atom. The van der Waals surface area contributed by atoms with Gasteiger partial charge in [-0.25, -0.2) is 8.42 Å². The summed E-state index contributed by atoms with van der Waals surface area (Å²) in [5, 5.41) is 2.80. The lowest BCUT2D eigenvalue weighted by molar-refractivity contribution is -0.118. The van der Waals surface area contributed by atoms with Gasteiger partial charge in [0, 0.05) is 18.8 Å². The fraction of sp³-hybridized carbons (Fsp3) is 0.381. The molecule has 156 valence electrons. The minimum absolute atomic E-state index is 0.00376. The van der Waals surface area contributed by atoms with Crippen LogP contribution >= 0.6 is 11.6 Å². The largest absolute Gasteiger partial charge is 0.484 e. The smallest absolute Gasteiger partial charge is 0.262 e. The highest BCUT2D eigenvalue weighted by Gasteiger charge is 2.29. The molecule has 6 nitrogen and oxygen atoms in total. The van der Waals surface area contributed by atoms with Gasteiger partial charge in [0.1, 0.15) is 10.6 Å². The highest BCUT2D eigenvalue weighted by molar-refractivity contribution is 7.89. The van der Waals surface area contributed by atoms with Gasteiger partial charge in [-0.15, -0.1) is 0 Å². The zero-order chi connectivity index (χ0) is 21.0. The number of nitrogens with zero attached hydrogens (tertiary/aromatic N) is 1. The molecule has 1 amide bonds. The number of rotatable bonds is 7. The number of anilines is 1. The van der Waals surface area contributed by atoms with E-state index < -0.39 is 10.0 Å². The third kappa shape index (κ3) is 5.29. The van der Waals surface area contributed by atoms with E-state index in [0.29, 0.717) is 30.4 Å². The highest BCUT2D eigenvalue weighted by atomic mass is 35.5. The first-order valence-corrected chi connectivity index (χ1v) is 11.4. The summed E-state index contributed by atoms with van der Waals surface area (Å²) in [5.41, 5.74) is 1.55. The summed E-state index contributed by atoms with van der Waals surface area (Å²) in [7, 11) is -3.68. The molecule has 0 atom stereocenters. The monoisotopic (exact) mass is 436 g/mol. The summed E-state index contributed by atoms with van der Waals surface area (Å²) < 4.78 is 32.5. The number of sulfonamides is 1. The molecule has 1 aliphatic heterocycles. The molecule has 0 bridgehead atoms. The van der Waals surface area contributed by atoms with Gasteiger partial charge in [-0.1, -0.05) is 37.6 Å². The van der Waals surface area contributed by atoms with Crippen molar-refractivity contribution in [3.8, 4) is 5.75 Å². The molecule has 0 aliphatic carbocycles. The van der Waals surface area contributed by atoms with Crippen molar-refractivity contribution in [1.82, 2.24) is 4.31 Å². The first-order valence-electron chi connectivity index (χ1n) is 9.59. The molecule has 0 spiro atoms. The lowest BCUT2D eigenvalue weighted by atomic mass is 10.0. The van der Waals surface area contributed by atoms with Gasteiger partial charge in [-0.2, -0.15) is 4.31 Å². The van der Waals surface area contributed by atoms with Crippen molar-refractivity contribution in [3.05, 3.63) is 53.1 Å². The zero-order valence-corrected chi connectivity index (χ0v) is 18.1. The maximum absolute atomic E-state index is 12.8. The molecule has 1 saturated heterocycles. The number of benzene rings is 2. The average molecular weight is 437 g/mol. The van der Waals surface area contributed by atoms with Crippen LogP contribution in [0.4, 0.5) is 5.69 Å². The number of nitrogens with one attached hydrogen (secondary N) is 1. The van der Waals surface area contributed by atoms with Gasteiger partial charge in [-0.3, -0.25) is 4.79 Å². The lowest BCUT2D eigenvalue weighted by Gasteiger charge is -2.17. The molecule has 1 N–H and O–H groups in total. The van der Waals surface area contributed by atoms with E-state index in [4.69, 9.17) is 16.3 Å². The van der Waals surface area contributed by atoms with Crippen molar-refractivity contribution < 1.29 is 17.9 Å². The Morgan fingerprint density at radius 1 is 1.14 bits per heavy atom. The van der Waals surface area contributed by atoms with Crippen LogP contribution in [0.2, 0.25) is 5.02 Å². The maximum atomic E-state index is 12.8. The predicted molar refractivity (Wildman–Crippen MR) is 114 cm³/mol. The number of halogens is 1. The molecule has 0 radical (unpaired) electrons. The van der Waals surface area contributed by atoms with Crippen LogP contribution in [-0.4, -0.2) is 38.3 Å². The molecule has 3 rings (SSSR count). The molecular weight excluding hydrogens is 412 g/mol. The van der Waals surface area contributed by atoms with Gasteiger partial charge in [-0.05, 0) is 54.7 Å². The quantitative estimate of drug-likeness (QED) is 0.703. The summed E-state index contributed by atoms with van der Waals surface area (Å²) >= 11 is 6.13. The maximum Gasteiger partial charge on any atom is 0.262 e. The molecule has 29 heavy (non-hydrogen) atoms. The van der Waals surface area contributed by atoms with E-state index in [1.165, 1.54) is 22.0 Å². The number of carbonyl (C=O) groups is 1. The van der Waals surface area contributed by atoms with Crippen LogP contribution in [-0.2, 0) is 14.8 Å². The van der Waals surface area contributed by atoms with Crippen molar-refractivity contribution in [2.24, 2.45) is 0 Å². The molecule has 1 fully saturated rings. The number of amides is 1. The van der Waals surface area contributed by atoms with E-state index in [1.54, 1.807) is 6.07 Å². The topological polar surface area (TPSA) is 75.7 Å². The predicted octanol–water partition coefficient (Wildman–Crippen LogP) is 4.27. The number of hydrogen-bond acceptors (Lipinski definition) is 4. The summed E-state index contributed by atoms with van der Waals surface area (Å²) in [6, 6.07) is 12.0. The second kappa shape index (κ2) is 9.15. The molecule has 1 aliphatic rings. The minimum atomic E-state index is -3.68. The molecule has 8 heteroatoms. The van der Waals surface area contributed by atoms with Crippen LogP contribution in [0.3, 0.4) is 0 Å². The Labute approximate surface area is 176 Å². The number of hydrogen-bond donors (Lipinski definition) is 1. The Morgan fingerprint density at radius 3 is 2.41 bits per heavy atom. The summed E-state index contributed by atoms with van der Waals surface area (Å²) in [6.07, 6.45) is 1.67. The van der Waals surface area contributed by atoms with Crippen molar-refractivity contribution in [2.75, 3.05) is 25.0 Å². The van der Waals surface area contributed by atoms with Gasteiger partial charge in [0.05, 0.1) is 5.02 Å². The second-order valence-electron chi connectivity index (χ2n) is 7.32. The molecule has 0 unspecified atom stereocenters. The van der Waals surface area contributed by atoms with E-state index in [1.807, 2.05) is 24.3 Å². The van der Waals surface area contributed by atoms with E-state index in [9.17, 15) is 13.2 Å². The fourth-order valence-electron chi connectivity index (χ4n) is 3.14. The van der Waals surface area contributed by atoms with Crippen LogP contribution in [0.1, 0.15) is 38.2 Å². The van der Waals surface area contributed by atoms with Crippen molar-refractivity contribution in [3.63, 3.8) is 0 Å². The third-order valence-electron chi connectivity index (χ3n) is 4.81. The molecule has 0 aromatic heterocycles. The van der Waals surface area contributed by atoms with E-state index in [2.05, 4.69) is 19.2 Å². The van der Waals surface area contributed by atoms with Crippen molar-refractivity contribution in [2.45, 2.75) is 37.5 Å². The Hall–Kier alpha value is -2.09. The minimum Gasteiger partial charge on any atom is -0.484 e. The Kier molecular flexibility index (Phi) is 6.82. The SMILES string of the molecule is CC(C)c1ccc(OCC(=O)Nc2ccc(Cl)c(S(=O)(=O)N3CCCC3)c2)cc1. The molecular formula is C21H25ClN2O4S. The standard InChI is InChI=1S/C21H25ClN2O4S/c1-15(2)16-5-8-18(9-6-16)28-14-21(25)23-17-7-10-19(22)20(13-17)29(26,27)24-11-3-4-12-24/h5-10,13,15H,3-4,11-12,14H2,1-2H3,(H,23,25). The number of ether oxygens (including phenoxy) is 1. The average Bonchev–Trinajstić information content (AvgIpc) is 3.24. The van der Waals surface area contributed by atoms with E-state index in [-0.39, 0.29) is 22.4 Å². The first kappa shape index (κ1) is 21.6. The van der Waals surface area contributed by atoms with Gasteiger partial charge in [0.2, 0.25) is 10.0 Å². The fourth-order valence-corrected chi connectivity index (χ4v) is 5.16. The van der Waals surface area contributed by atoms with Crippen molar-refractivity contribution >= 4 is 33.2 Å². The number of carbonyl (C=O) groups excluding carboxylic acids is 1. The Balaban J connectivity index is 1.64. The van der Waals surface area contributed by atoms with Gasteiger partial charge in [0.25, 0.3) is 5.91 Å². The normalized spacial score (nSPS) is 14.9. The summed E-state index contributed by atoms with van der Waals surface area (Å²) in [6.45, 7) is 5.00. The highest BCUT2D eigenvalue weighted by Crippen LogP contribution is 2.29. The third-order valence-corrected chi connectivity index (χ3v) is 7.19. The van der Waals surface area contributed by atoms with Gasteiger partial charge >= 0.3 is 0 Å². The second-order valence-corrected chi connectivity index (χ2v) is 9.63. The van der Waals surface area contributed by atoms with Gasteiger partial charge < -0.3 is 10.1 Å².